The lowest BCUT2D eigenvalue weighted by Gasteiger charge is -2.25. The number of hydrogen-bond acceptors (Lipinski definition) is 6. The molecule has 3 heterocycles. The van der Waals surface area contributed by atoms with Gasteiger partial charge in [0.25, 0.3) is 0 Å². The van der Waals surface area contributed by atoms with E-state index in [-0.39, 0.29) is 24.5 Å². The molecule has 3 N–H and O–H groups in total. The summed E-state index contributed by atoms with van der Waals surface area (Å²) >= 11 is 5.01. The third-order valence-electron chi connectivity index (χ3n) is 3.74. The first-order chi connectivity index (χ1) is 9.51. The Kier molecular flexibility index (Phi) is 3.51. The summed E-state index contributed by atoms with van der Waals surface area (Å²) in [6.45, 7) is 1.46. The lowest BCUT2D eigenvalue weighted by molar-refractivity contribution is -0.129. The summed E-state index contributed by atoms with van der Waals surface area (Å²) in [6, 6.07) is 0. The second kappa shape index (κ2) is 5.05. The Morgan fingerprint density at radius 3 is 3.00 bits per heavy atom. The van der Waals surface area contributed by atoms with Crippen molar-refractivity contribution >= 4 is 12.2 Å². The van der Waals surface area contributed by atoms with Crippen LogP contribution in [-0.2, 0) is 9.47 Å². The van der Waals surface area contributed by atoms with Crippen LogP contribution in [0.5, 0.6) is 0 Å². The molecule has 0 aromatic carbocycles. The fourth-order valence-corrected chi connectivity index (χ4v) is 2.66. The number of nitrogens with zero attached hydrogens (tertiary/aromatic N) is 1. The molecule has 3 rings (SSSR count). The summed E-state index contributed by atoms with van der Waals surface area (Å²) in [5.74, 6) is 0. The molecule has 1 aromatic rings. The molecule has 1 unspecified atom stereocenters. The van der Waals surface area contributed by atoms with E-state index in [0.29, 0.717) is 11.1 Å². The van der Waals surface area contributed by atoms with E-state index >= 15 is 0 Å². The molecule has 0 radical (unpaired) electrons. The minimum atomic E-state index is -0.881. The van der Waals surface area contributed by atoms with E-state index in [4.69, 9.17) is 21.7 Å². The highest BCUT2D eigenvalue weighted by atomic mass is 32.1. The van der Waals surface area contributed by atoms with Gasteiger partial charge in [-0.2, -0.15) is 0 Å². The highest BCUT2D eigenvalue weighted by Gasteiger charge is 2.52. The van der Waals surface area contributed by atoms with E-state index in [1.165, 1.54) is 4.57 Å². The number of epoxide rings is 1. The summed E-state index contributed by atoms with van der Waals surface area (Å²) < 4.78 is 12.8. The first-order valence-electron chi connectivity index (χ1n) is 6.43. The number of hydrogen-bond donors (Lipinski definition) is 3. The summed E-state index contributed by atoms with van der Waals surface area (Å²) in [7, 11) is 0. The van der Waals surface area contributed by atoms with Crippen molar-refractivity contribution < 1.29 is 19.7 Å². The van der Waals surface area contributed by atoms with Gasteiger partial charge >= 0.3 is 5.69 Å². The molecule has 7 nitrogen and oxygen atoms in total. The van der Waals surface area contributed by atoms with Gasteiger partial charge in [-0.15, -0.1) is 0 Å². The first-order valence-corrected chi connectivity index (χ1v) is 6.84. The second-order valence-corrected chi connectivity index (χ2v) is 5.56. The molecule has 2 saturated heterocycles. The van der Waals surface area contributed by atoms with Crippen LogP contribution >= 0.6 is 12.2 Å². The summed E-state index contributed by atoms with van der Waals surface area (Å²) in [4.78, 5) is 14.6. The minimum Gasteiger partial charge on any atom is -0.394 e. The zero-order valence-electron chi connectivity index (χ0n) is 10.9. The Morgan fingerprint density at radius 1 is 1.55 bits per heavy atom. The Bertz CT molecular complexity index is 627. The van der Waals surface area contributed by atoms with Gasteiger partial charge in [-0.3, -0.25) is 9.55 Å². The average Bonchev–Trinajstić information content (AvgIpc) is 3.17. The standard InChI is InChI=1S/C12H16N2O5S/c1-5-3-14(12(17)13-11(5)20)8-2-6-10(19-6)9(16)7(4-15)18-8/h3,6-10,15-16H,2,4H2,1H3,(H,13,17,20)/t6-,7-,8?,9-,10-/m1/s1. The van der Waals surface area contributed by atoms with Gasteiger partial charge < -0.3 is 19.7 Å². The van der Waals surface area contributed by atoms with Crippen LogP contribution < -0.4 is 5.69 Å². The molecular weight excluding hydrogens is 284 g/mol. The van der Waals surface area contributed by atoms with Crippen molar-refractivity contribution in [1.82, 2.24) is 9.55 Å². The lowest BCUT2D eigenvalue weighted by Crippen LogP contribution is -2.38. The highest BCUT2D eigenvalue weighted by molar-refractivity contribution is 7.71. The molecule has 2 fully saturated rings. The molecule has 2 aliphatic rings. The van der Waals surface area contributed by atoms with Gasteiger partial charge in [0, 0.05) is 18.2 Å². The minimum absolute atomic E-state index is 0.151. The smallest absolute Gasteiger partial charge is 0.328 e. The van der Waals surface area contributed by atoms with E-state index in [1.54, 1.807) is 13.1 Å². The number of aromatic nitrogens is 2. The fraction of sp³-hybridized carbons (Fsp3) is 0.667. The Hall–Kier alpha value is -1.06. The van der Waals surface area contributed by atoms with E-state index in [0.717, 1.165) is 5.56 Å². The molecule has 0 bridgehead atoms. The van der Waals surface area contributed by atoms with Crippen LogP contribution in [0.1, 0.15) is 18.2 Å². The van der Waals surface area contributed by atoms with Gasteiger partial charge in [0.2, 0.25) is 0 Å². The quantitative estimate of drug-likeness (QED) is 0.509. The molecular formula is C12H16N2O5S. The van der Waals surface area contributed by atoms with Crippen LogP contribution in [0.3, 0.4) is 0 Å². The molecule has 8 heteroatoms. The Labute approximate surface area is 119 Å². The van der Waals surface area contributed by atoms with Crippen molar-refractivity contribution in [3.05, 3.63) is 26.9 Å². The Balaban J connectivity index is 1.95. The van der Waals surface area contributed by atoms with Crippen molar-refractivity contribution in [3.63, 3.8) is 0 Å². The second-order valence-electron chi connectivity index (χ2n) is 5.16. The lowest BCUT2D eigenvalue weighted by atomic mass is 10.1. The number of aliphatic hydroxyl groups excluding tert-OH is 2. The van der Waals surface area contributed by atoms with Gasteiger partial charge in [0.05, 0.1) is 12.7 Å². The van der Waals surface area contributed by atoms with E-state index in [2.05, 4.69) is 4.98 Å². The number of rotatable bonds is 2. The molecule has 0 saturated carbocycles. The van der Waals surface area contributed by atoms with Gasteiger partial charge in [-0.25, -0.2) is 4.79 Å². The van der Waals surface area contributed by atoms with Gasteiger partial charge in [0.15, 0.2) is 0 Å². The average molecular weight is 300 g/mol. The van der Waals surface area contributed by atoms with Crippen molar-refractivity contribution in [1.29, 1.82) is 0 Å². The van der Waals surface area contributed by atoms with Gasteiger partial charge in [-0.05, 0) is 6.92 Å². The number of aryl methyl sites for hydroxylation is 1. The third-order valence-corrected chi connectivity index (χ3v) is 4.17. The van der Waals surface area contributed by atoms with E-state index in [1.807, 2.05) is 0 Å². The largest absolute Gasteiger partial charge is 0.394 e. The van der Waals surface area contributed by atoms with Crippen LogP contribution in [0.15, 0.2) is 11.0 Å². The monoisotopic (exact) mass is 300 g/mol. The van der Waals surface area contributed by atoms with Crippen molar-refractivity contribution in [2.24, 2.45) is 0 Å². The maximum atomic E-state index is 12.0. The first kappa shape index (κ1) is 13.9. The molecule has 1 aromatic heterocycles. The highest BCUT2D eigenvalue weighted by Crippen LogP contribution is 2.38. The molecule has 5 atom stereocenters. The normalized spacial score (nSPS) is 36.2. The maximum absolute atomic E-state index is 12.0. The zero-order valence-corrected chi connectivity index (χ0v) is 11.7. The number of fused-ring (bicyclic) bond motifs is 1. The van der Waals surface area contributed by atoms with Crippen LogP contribution in [0.4, 0.5) is 0 Å². The number of aliphatic hydroxyl groups is 2. The number of nitrogens with one attached hydrogen (secondary N) is 1. The van der Waals surface area contributed by atoms with E-state index < -0.39 is 18.4 Å². The van der Waals surface area contributed by atoms with Crippen LogP contribution in [0.2, 0.25) is 0 Å². The summed E-state index contributed by atoms with van der Waals surface area (Å²) in [5.41, 5.74) is 0.373. The van der Waals surface area contributed by atoms with Crippen molar-refractivity contribution in [3.8, 4) is 0 Å². The fourth-order valence-electron chi connectivity index (χ4n) is 2.52. The van der Waals surface area contributed by atoms with Crippen molar-refractivity contribution in [2.75, 3.05) is 6.61 Å². The molecule has 0 aliphatic carbocycles. The van der Waals surface area contributed by atoms with Gasteiger partial charge in [-0.1, -0.05) is 12.2 Å². The number of ether oxygens (including phenoxy) is 2. The SMILES string of the molecule is Cc1cn(C2C[C@H]3O[C@H]3[C@H](O)[C@@H](CO)O2)c(=O)[nH]c1=S. The van der Waals surface area contributed by atoms with Crippen LogP contribution in [0.25, 0.3) is 0 Å². The predicted octanol–water partition coefficient (Wildman–Crippen LogP) is -0.378. The Morgan fingerprint density at radius 2 is 2.30 bits per heavy atom. The van der Waals surface area contributed by atoms with E-state index in [9.17, 15) is 15.0 Å². The maximum Gasteiger partial charge on any atom is 0.328 e. The van der Waals surface area contributed by atoms with Crippen LogP contribution in [-0.4, -0.2) is 50.8 Å². The molecule has 0 amide bonds. The predicted molar refractivity (Wildman–Crippen MR) is 70.9 cm³/mol. The summed E-state index contributed by atoms with van der Waals surface area (Å²) in [5, 5.41) is 19.3. The number of aromatic amines is 1. The molecule has 110 valence electrons. The zero-order chi connectivity index (χ0) is 14.4. The molecule has 0 spiro atoms. The third kappa shape index (κ3) is 2.33. The van der Waals surface area contributed by atoms with Crippen LogP contribution in [0, 0.1) is 11.6 Å². The van der Waals surface area contributed by atoms with Crippen molar-refractivity contribution in [2.45, 2.75) is 44.0 Å². The molecule has 2 aliphatic heterocycles. The topological polar surface area (TPSA) is 100 Å². The van der Waals surface area contributed by atoms with Gasteiger partial charge in [0.1, 0.15) is 29.2 Å². The number of H-pyrrole nitrogens is 1. The summed E-state index contributed by atoms with van der Waals surface area (Å²) in [6.07, 6.45) is -0.658. The molecule has 20 heavy (non-hydrogen) atoms.